The maximum Gasteiger partial charge on any atom is 0.224 e. The quantitative estimate of drug-likeness (QED) is 0.690. The summed E-state index contributed by atoms with van der Waals surface area (Å²) >= 11 is 0. The lowest BCUT2D eigenvalue weighted by Gasteiger charge is -2.19. The third-order valence-electron chi connectivity index (χ3n) is 6.14. The molecule has 0 amide bonds. The number of rotatable bonds is 8. The Morgan fingerprint density at radius 3 is 2.70 bits per heavy atom. The molecule has 2 atom stereocenters. The first-order chi connectivity index (χ1) is 14.6. The van der Waals surface area contributed by atoms with E-state index in [2.05, 4.69) is 34.3 Å². The summed E-state index contributed by atoms with van der Waals surface area (Å²) in [6, 6.07) is 10.7. The van der Waals surface area contributed by atoms with Crippen molar-refractivity contribution in [3.63, 3.8) is 0 Å². The number of anilines is 2. The zero-order chi connectivity index (χ0) is 20.9. The zero-order valence-corrected chi connectivity index (χ0v) is 18.0. The lowest BCUT2D eigenvalue weighted by Crippen LogP contribution is -2.26. The molecule has 0 bridgehead atoms. The third kappa shape index (κ3) is 5.29. The fourth-order valence-corrected chi connectivity index (χ4v) is 4.50. The van der Waals surface area contributed by atoms with Crippen molar-refractivity contribution in [2.45, 2.75) is 70.4 Å². The Labute approximate surface area is 179 Å². The van der Waals surface area contributed by atoms with E-state index < -0.39 is 0 Å². The van der Waals surface area contributed by atoms with E-state index >= 15 is 0 Å². The van der Waals surface area contributed by atoms with Gasteiger partial charge in [0, 0.05) is 31.6 Å². The van der Waals surface area contributed by atoms with Crippen molar-refractivity contribution in [3.05, 3.63) is 42.1 Å². The molecule has 1 aliphatic heterocycles. The number of hydrogen-bond acceptors (Lipinski definition) is 6. The largest absolute Gasteiger partial charge is 0.489 e. The van der Waals surface area contributed by atoms with E-state index in [4.69, 9.17) is 9.72 Å². The Bertz CT molecular complexity index is 849. The number of ketones is 1. The molecule has 1 saturated heterocycles. The van der Waals surface area contributed by atoms with Gasteiger partial charge in [-0.1, -0.05) is 31.9 Å². The van der Waals surface area contributed by atoms with E-state index in [-0.39, 0.29) is 17.8 Å². The molecule has 4 rings (SSSR count). The predicted molar refractivity (Wildman–Crippen MR) is 119 cm³/mol. The van der Waals surface area contributed by atoms with Crippen molar-refractivity contribution in [2.24, 2.45) is 0 Å². The molecule has 2 fully saturated rings. The summed E-state index contributed by atoms with van der Waals surface area (Å²) in [4.78, 5) is 22.7. The standard InChI is InChI=1S/C24H32N4O2/c1-17(15-18(2)29)19-7-9-21(10-8-19)30-22-12-14-28(16-22)23-11-13-25-24(27-23)26-20-5-3-4-6-20/h7-11,13,17,20,22H,3-6,12,14-16H2,1-2H3,(H,25,26,27)/t17-,22-/m1/s1. The Morgan fingerprint density at radius 2 is 1.97 bits per heavy atom. The van der Waals surface area contributed by atoms with Gasteiger partial charge in [0.2, 0.25) is 5.95 Å². The Morgan fingerprint density at radius 1 is 1.20 bits per heavy atom. The molecule has 2 heterocycles. The molecule has 2 aliphatic rings. The van der Waals surface area contributed by atoms with Gasteiger partial charge in [0.25, 0.3) is 0 Å². The summed E-state index contributed by atoms with van der Waals surface area (Å²) < 4.78 is 6.21. The van der Waals surface area contributed by atoms with Gasteiger partial charge < -0.3 is 19.7 Å². The second kappa shape index (κ2) is 9.45. The highest BCUT2D eigenvalue weighted by Crippen LogP contribution is 2.26. The average molecular weight is 409 g/mol. The maximum atomic E-state index is 11.3. The van der Waals surface area contributed by atoms with Crippen molar-refractivity contribution >= 4 is 17.5 Å². The van der Waals surface area contributed by atoms with Gasteiger partial charge >= 0.3 is 0 Å². The van der Waals surface area contributed by atoms with Crippen molar-refractivity contribution < 1.29 is 9.53 Å². The van der Waals surface area contributed by atoms with Crippen LogP contribution in [0.2, 0.25) is 0 Å². The number of aromatic nitrogens is 2. The van der Waals surface area contributed by atoms with Gasteiger partial charge in [-0.25, -0.2) is 4.98 Å². The van der Waals surface area contributed by atoms with E-state index in [0.717, 1.165) is 37.0 Å². The number of nitrogens with one attached hydrogen (secondary N) is 1. The number of carbonyl (C=O) groups is 1. The highest BCUT2D eigenvalue weighted by atomic mass is 16.5. The molecule has 1 aromatic carbocycles. The van der Waals surface area contributed by atoms with Crippen molar-refractivity contribution in [3.8, 4) is 5.75 Å². The molecule has 2 aromatic rings. The van der Waals surface area contributed by atoms with Crippen LogP contribution in [0.3, 0.4) is 0 Å². The second-order valence-corrected chi connectivity index (χ2v) is 8.71. The molecule has 30 heavy (non-hydrogen) atoms. The summed E-state index contributed by atoms with van der Waals surface area (Å²) in [5.74, 6) is 3.04. The van der Waals surface area contributed by atoms with Gasteiger partial charge in [0.05, 0.1) is 6.54 Å². The minimum atomic E-state index is 0.145. The molecule has 6 nitrogen and oxygen atoms in total. The molecule has 6 heteroatoms. The van der Waals surface area contributed by atoms with Gasteiger partial charge in [-0.05, 0) is 49.4 Å². The number of carbonyl (C=O) groups excluding carboxylic acids is 1. The lowest BCUT2D eigenvalue weighted by molar-refractivity contribution is -0.117. The van der Waals surface area contributed by atoms with Crippen LogP contribution in [0.25, 0.3) is 0 Å². The van der Waals surface area contributed by atoms with Gasteiger partial charge in [-0.3, -0.25) is 0 Å². The van der Waals surface area contributed by atoms with Gasteiger partial charge in [0.1, 0.15) is 23.5 Å². The van der Waals surface area contributed by atoms with Crippen LogP contribution in [0.15, 0.2) is 36.5 Å². The fourth-order valence-electron chi connectivity index (χ4n) is 4.50. The van der Waals surface area contributed by atoms with Gasteiger partial charge in [0.15, 0.2) is 0 Å². The third-order valence-corrected chi connectivity index (χ3v) is 6.14. The first-order valence-corrected chi connectivity index (χ1v) is 11.2. The molecule has 1 saturated carbocycles. The van der Waals surface area contributed by atoms with Crippen LogP contribution in [-0.2, 0) is 4.79 Å². The molecule has 1 aromatic heterocycles. The number of nitrogens with zero attached hydrogens (tertiary/aromatic N) is 3. The minimum absolute atomic E-state index is 0.145. The Balaban J connectivity index is 1.32. The normalized spacial score (nSPS) is 20.3. The van der Waals surface area contributed by atoms with E-state index in [1.807, 2.05) is 24.4 Å². The highest BCUT2D eigenvalue weighted by molar-refractivity contribution is 5.76. The number of benzene rings is 1. The van der Waals surface area contributed by atoms with Crippen LogP contribution in [0.1, 0.15) is 63.9 Å². The minimum Gasteiger partial charge on any atom is -0.489 e. The molecular weight excluding hydrogens is 376 g/mol. The monoisotopic (exact) mass is 408 g/mol. The van der Waals surface area contributed by atoms with Crippen molar-refractivity contribution in [1.82, 2.24) is 9.97 Å². The van der Waals surface area contributed by atoms with Crippen LogP contribution in [0, 0.1) is 0 Å². The summed E-state index contributed by atoms with van der Waals surface area (Å²) in [6.45, 7) is 5.48. The fraction of sp³-hybridized carbons (Fsp3) is 0.542. The van der Waals surface area contributed by atoms with E-state index in [1.165, 1.54) is 31.2 Å². The maximum absolute atomic E-state index is 11.3. The van der Waals surface area contributed by atoms with Gasteiger partial charge in [-0.2, -0.15) is 4.98 Å². The Kier molecular flexibility index (Phi) is 6.50. The van der Waals surface area contributed by atoms with E-state index in [9.17, 15) is 4.79 Å². The van der Waals surface area contributed by atoms with Crippen LogP contribution in [-0.4, -0.2) is 41.0 Å². The Hall–Kier alpha value is -2.63. The zero-order valence-electron chi connectivity index (χ0n) is 18.0. The number of hydrogen-bond donors (Lipinski definition) is 1. The summed E-state index contributed by atoms with van der Waals surface area (Å²) in [5, 5.41) is 3.48. The van der Waals surface area contributed by atoms with Crippen LogP contribution in [0.4, 0.5) is 11.8 Å². The van der Waals surface area contributed by atoms with Crippen molar-refractivity contribution in [2.75, 3.05) is 23.3 Å². The molecule has 0 spiro atoms. The van der Waals surface area contributed by atoms with E-state index in [1.54, 1.807) is 6.92 Å². The molecule has 1 aliphatic carbocycles. The van der Waals surface area contributed by atoms with Crippen molar-refractivity contribution in [1.29, 1.82) is 0 Å². The first kappa shape index (κ1) is 20.6. The summed E-state index contributed by atoms with van der Waals surface area (Å²) in [7, 11) is 0. The summed E-state index contributed by atoms with van der Waals surface area (Å²) in [6.07, 6.45) is 8.53. The van der Waals surface area contributed by atoms with Gasteiger partial charge in [-0.15, -0.1) is 0 Å². The number of Topliss-reactive ketones (excluding diaryl/α,β-unsaturated/α-hetero) is 1. The van der Waals surface area contributed by atoms with Crippen LogP contribution in [0.5, 0.6) is 5.75 Å². The van der Waals surface area contributed by atoms with Crippen LogP contribution < -0.4 is 15.0 Å². The predicted octanol–water partition coefficient (Wildman–Crippen LogP) is 4.57. The topological polar surface area (TPSA) is 67.3 Å². The van der Waals surface area contributed by atoms with E-state index in [0.29, 0.717) is 12.5 Å². The SMILES string of the molecule is CC(=O)C[C@@H](C)c1ccc(O[C@@H]2CCN(c3ccnc(NC4CCCC4)n3)C2)cc1. The molecule has 0 unspecified atom stereocenters. The molecule has 0 radical (unpaired) electrons. The molecule has 1 N–H and O–H groups in total. The average Bonchev–Trinajstić information content (AvgIpc) is 3.40. The smallest absolute Gasteiger partial charge is 0.224 e. The molecule has 160 valence electrons. The number of ether oxygens (including phenoxy) is 1. The molecular formula is C24H32N4O2. The second-order valence-electron chi connectivity index (χ2n) is 8.71. The highest BCUT2D eigenvalue weighted by Gasteiger charge is 2.26. The summed E-state index contributed by atoms with van der Waals surface area (Å²) in [5.41, 5.74) is 1.17. The first-order valence-electron chi connectivity index (χ1n) is 11.2. The van der Waals surface area contributed by atoms with Crippen LogP contribution >= 0.6 is 0 Å². The lowest BCUT2D eigenvalue weighted by atomic mass is 9.96.